The number of hydrogen-bond donors (Lipinski definition) is 0. The van der Waals surface area contributed by atoms with Gasteiger partial charge in [0.05, 0.1) is 0 Å². The lowest BCUT2D eigenvalue weighted by Gasteiger charge is -2.21. The Hall–Kier alpha value is -0.300. The van der Waals surface area contributed by atoms with E-state index >= 15 is 0 Å². The molecule has 0 saturated carbocycles. The highest BCUT2D eigenvalue weighted by atomic mass is 35.5. The van der Waals surface area contributed by atoms with Crippen molar-refractivity contribution < 1.29 is 0 Å². The van der Waals surface area contributed by atoms with Crippen LogP contribution >= 0.6 is 11.6 Å². The van der Waals surface area contributed by atoms with Crippen LogP contribution in [-0.2, 0) is 0 Å². The van der Waals surface area contributed by atoms with E-state index in [2.05, 4.69) is 32.3 Å². The molecule has 0 bridgehead atoms. The quantitative estimate of drug-likeness (QED) is 0.578. The summed E-state index contributed by atoms with van der Waals surface area (Å²) >= 11 is 5.82. The Labute approximate surface area is 80.5 Å². The molecule has 1 nitrogen and oxygen atoms in total. The van der Waals surface area contributed by atoms with Crippen LogP contribution in [0.4, 0.5) is 0 Å². The van der Waals surface area contributed by atoms with E-state index in [0.717, 1.165) is 12.8 Å². The van der Waals surface area contributed by atoms with Gasteiger partial charge in [-0.25, -0.2) is 4.99 Å². The summed E-state index contributed by atoms with van der Waals surface area (Å²) in [6.07, 6.45) is 4.60. The van der Waals surface area contributed by atoms with E-state index in [0.29, 0.717) is 10.6 Å². The summed E-state index contributed by atoms with van der Waals surface area (Å²) in [5.41, 5.74) is 0.372. The number of rotatable bonds is 5. The van der Waals surface area contributed by atoms with E-state index in [-0.39, 0.29) is 0 Å². The Morgan fingerprint density at radius 2 is 2.17 bits per heavy atom. The Kier molecular flexibility index (Phi) is 5.23. The highest BCUT2D eigenvalue weighted by Gasteiger charge is 2.14. The summed E-state index contributed by atoms with van der Waals surface area (Å²) in [5.74, 6) is 0. The first-order chi connectivity index (χ1) is 5.52. The van der Waals surface area contributed by atoms with Gasteiger partial charge in [-0.2, -0.15) is 0 Å². The second-order valence-electron chi connectivity index (χ2n) is 3.71. The van der Waals surface area contributed by atoms with Gasteiger partial charge in [-0.3, -0.25) is 0 Å². The third-order valence-corrected chi connectivity index (χ3v) is 2.48. The third-order valence-electron chi connectivity index (χ3n) is 2.20. The lowest BCUT2D eigenvalue weighted by Crippen LogP contribution is -2.10. The lowest BCUT2D eigenvalue weighted by molar-refractivity contribution is 0.329. The first-order valence-corrected chi connectivity index (χ1v) is 4.72. The van der Waals surface area contributed by atoms with E-state index in [4.69, 9.17) is 11.6 Å². The van der Waals surface area contributed by atoms with Gasteiger partial charge in [-0.05, 0) is 11.8 Å². The molecule has 12 heavy (non-hydrogen) atoms. The average Bonchev–Trinajstić information content (AvgIpc) is 2.02. The predicted octanol–water partition coefficient (Wildman–Crippen LogP) is 3.98. The Bertz CT molecular complexity index is 171. The molecule has 0 aromatic carbocycles. The van der Waals surface area contributed by atoms with Gasteiger partial charge in [0.2, 0.25) is 0 Å². The second kappa shape index (κ2) is 5.36. The molecule has 2 heteroatoms. The van der Waals surface area contributed by atoms with Gasteiger partial charge in [-0.1, -0.05) is 45.4 Å². The van der Waals surface area contributed by atoms with E-state index < -0.39 is 0 Å². The minimum Gasteiger partial charge on any atom is -0.250 e. The summed E-state index contributed by atoms with van der Waals surface area (Å²) in [6, 6.07) is 0. The van der Waals surface area contributed by atoms with Crippen molar-refractivity contribution in [2.45, 2.75) is 40.0 Å². The van der Waals surface area contributed by atoms with Crippen LogP contribution in [0.2, 0.25) is 0 Å². The van der Waals surface area contributed by atoms with Crippen molar-refractivity contribution in [3.05, 3.63) is 12.8 Å². The topological polar surface area (TPSA) is 12.4 Å². The predicted molar refractivity (Wildman–Crippen MR) is 56.8 cm³/mol. The summed E-state index contributed by atoms with van der Waals surface area (Å²) in [4.78, 5) is 3.91. The van der Waals surface area contributed by atoms with Crippen LogP contribution in [-0.4, -0.2) is 5.17 Å². The normalized spacial score (nSPS) is 13.2. The van der Waals surface area contributed by atoms with Crippen molar-refractivity contribution in [3.8, 4) is 0 Å². The molecule has 0 spiro atoms. The molecule has 0 aliphatic carbocycles. The zero-order valence-corrected chi connectivity index (χ0v) is 8.99. The van der Waals surface area contributed by atoms with Gasteiger partial charge in [0.15, 0.2) is 0 Å². The van der Waals surface area contributed by atoms with Crippen molar-refractivity contribution in [3.63, 3.8) is 0 Å². The molecule has 0 aromatic rings. The van der Waals surface area contributed by atoms with Gasteiger partial charge in [0, 0.05) is 12.6 Å². The summed E-state index contributed by atoms with van der Waals surface area (Å²) < 4.78 is 0. The molecule has 0 aliphatic heterocycles. The highest BCUT2D eigenvalue weighted by Crippen LogP contribution is 2.26. The van der Waals surface area contributed by atoms with Crippen LogP contribution in [0.1, 0.15) is 40.0 Å². The van der Waals surface area contributed by atoms with Gasteiger partial charge < -0.3 is 0 Å². The second-order valence-corrected chi connectivity index (χ2v) is 4.14. The minimum atomic E-state index is 0.372. The number of hydrogen-bond acceptors (Lipinski definition) is 1. The fourth-order valence-electron chi connectivity index (χ4n) is 0.782. The number of aliphatic imine (C=N–C) groups is 1. The van der Waals surface area contributed by atoms with E-state index in [1.54, 1.807) is 0 Å². The molecule has 0 aromatic heterocycles. The molecule has 0 unspecified atom stereocenters. The fourth-order valence-corrected chi connectivity index (χ4v) is 0.945. The Morgan fingerprint density at radius 1 is 1.58 bits per heavy atom. The molecule has 0 fully saturated rings. The molecule has 0 heterocycles. The smallest absolute Gasteiger partial charge is 0.106 e. The van der Waals surface area contributed by atoms with Crippen molar-refractivity contribution in [2.75, 3.05) is 0 Å². The van der Waals surface area contributed by atoms with Crippen LogP contribution < -0.4 is 0 Å². The van der Waals surface area contributed by atoms with Gasteiger partial charge in [0.1, 0.15) is 5.17 Å². The molecule has 0 radical (unpaired) electrons. The zero-order valence-electron chi connectivity index (χ0n) is 8.23. The fraction of sp³-hybridized carbons (Fsp3) is 0.700. The van der Waals surface area contributed by atoms with Crippen molar-refractivity contribution in [1.82, 2.24) is 0 Å². The SMILES string of the molecule is C=C/N=C(/Cl)CCC(C)(C)CC. The van der Waals surface area contributed by atoms with Gasteiger partial charge in [0.25, 0.3) is 0 Å². The standard InChI is InChI=1S/C10H18ClN/c1-5-10(3,4)8-7-9(11)12-6-2/h6H,2,5,7-8H2,1,3-4H3/b12-9+. The summed E-state index contributed by atoms with van der Waals surface area (Å²) in [6.45, 7) is 10.2. The molecule has 0 aliphatic rings. The third kappa shape index (κ3) is 5.36. The van der Waals surface area contributed by atoms with Crippen LogP contribution in [0.15, 0.2) is 17.8 Å². The maximum atomic E-state index is 5.82. The van der Waals surface area contributed by atoms with Crippen LogP contribution in [0, 0.1) is 5.41 Å². The molecule has 0 N–H and O–H groups in total. The van der Waals surface area contributed by atoms with E-state index in [9.17, 15) is 0 Å². The maximum absolute atomic E-state index is 5.82. The summed E-state index contributed by atoms with van der Waals surface area (Å²) in [7, 11) is 0. The Morgan fingerprint density at radius 3 is 2.58 bits per heavy atom. The summed E-state index contributed by atoms with van der Waals surface area (Å²) in [5, 5.41) is 0.659. The average molecular weight is 188 g/mol. The van der Waals surface area contributed by atoms with Crippen molar-refractivity contribution in [1.29, 1.82) is 0 Å². The van der Waals surface area contributed by atoms with Gasteiger partial charge in [-0.15, -0.1) is 0 Å². The molecule has 0 amide bonds. The molecule has 0 saturated heterocycles. The number of halogens is 1. The molecule has 0 rings (SSSR count). The van der Waals surface area contributed by atoms with Crippen molar-refractivity contribution in [2.24, 2.45) is 10.4 Å². The highest BCUT2D eigenvalue weighted by molar-refractivity contribution is 6.65. The lowest BCUT2D eigenvalue weighted by atomic mass is 9.85. The van der Waals surface area contributed by atoms with Crippen molar-refractivity contribution >= 4 is 16.8 Å². The molecular formula is C10H18ClN. The van der Waals surface area contributed by atoms with E-state index in [1.807, 2.05) is 0 Å². The molecular weight excluding hydrogens is 170 g/mol. The Balaban J connectivity index is 3.82. The molecule has 0 atom stereocenters. The first-order valence-electron chi connectivity index (χ1n) is 4.35. The van der Waals surface area contributed by atoms with Gasteiger partial charge >= 0.3 is 0 Å². The minimum absolute atomic E-state index is 0.372. The monoisotopic (exact) mass is 187 g/mol. The van der Waals surface area contributed by atoms with Crippen LogP contribution in [0.25, 0.3) is 0 Å². The largest absolute Gasteiger partial charge is 0.250 e. The number of nitrogens with zero attached hydrogens (tertiary/aromatic N) is 1. The first kappa shape index (κ1) is 11.7. The zero-order chi connectivity index (χ0) is 9.61. The van der Waals surface area contributed by atoms with Crippen LogP contribution in [0.3, 0.4) is 0 Å². The molecule has 70 valence electrons. The van der Waals surface area contributed by atoms with Crippen LogP contribution in [0.5, 0.6) is 0 Å². The maximum Gasteiger partial charge on any atom is 0.106 e. The van der Waals surface area contributed by atoms with E-state index in [1.165, 1.54) is 12.6 Å².